The topological polar surface area (TPSA) is 81.1 Å². The Morgan fingerprint density at radius 1 is 1.50 bits per heavy atom. The van der Waals surface area contributed by atoms with Crippen molar-refractivity contribution < 1.29 is 13.9 Å². The highest BCUT2D eigenvalue weighted by molar-refractivity contribution is 5.90. The third-order valence-corrected chi connectivity index (χ3v) is 3.50. The number of aromatic nitrogens is 3. The second kappa shape index (κ2) is 7.00. The van der Waals surface area contributed by atoms with Crippen molar-refractivity contribution in [1.29, 1.82) is 0 Å². The molecule has 2 N–H and O–H groups in total. The van der Waals surface area contributed by atoms with E-state index >= 15 is 0 Å². The van der Waals surface area contributed by atoms with Gasteiger partial charge in [0.25, 0.3) is 0 Å². The number of halogens is 1. The lowest BCUT2D eigenvalue weighted by molar-refractivity contribution is 0.251. The second-order valence-electron chi connectivity index (χ2n) is 5.33. The van der Waals surface area contributed by atoms with Gasteiger partial charge in [0, 0.05) is 12.1 Å². The number of nitrogens with one attached hydrogen (secondary N) is 2. The maximum atomic E-state index is 13.3. The summed E-state index contributed by atoms with van der Waals surface area (Å²) in [5.74, 6) is 2.67. The maximum Gasteiger partial charge on any atom is 0.319 e. The number of amides is 2. The number of benzene rings is 1. The molecule has 24 heavy (non-hydrogen) atoms. The van der Waals surface area contributed by atoms with Gasteiger partial charge in [-0.2, -0.15) is 0 Å². The van der Waals surface area contributed by atoms with Crippen LogP contribution in [0.1, 0.15) is 24.7 Å². The number of ether oxygens (including phenoxy) is 1. The van der Waals surface area contributed by atoms with Gasteiger partial charge in [-0.05, 0) is 25.0 Å². The molecule has 0 bridgehead atoms. The van der Waals surface area contributed by atoms with E-state index in [0.717, 1.165) is 18.9 Å². The molecule has 124 valence electrons. The molecule has 2 aromatic rings. The number of terminal acetylenes is 1. The van der Waals surface area contributed by atoms with Gasteiger partial charge in [0.05, 0.1) is 12.2 Å². The highest BCUT2D eigenvalue weighted by atomic mass is 19.1. The lowest BCUT2D eigenvalue weighted by Crippen LogP contribution is -2.29. The van der Waals surface area contributed by atoms with Crippen molar-refractivity contribution in [2.24, 2.45) is 0 Å². The van der Waals surface area contributed by atoms with Crippen LogP contribution in [0.25, 0.3) is 0 Å². The van der Waals surface area contributed by atoms with Gasteiger partial charge in [-0.1, -0.05) is 5.92 Å². The molecule has 7 nitrogen and oxygen atoms in total. The predicted molar refractivity (Wildman–Crippen MR) is 84.9 cm³/mol. The fourth-order valence-electron chi connectivity index (χ4n) is 2.21. The van der Waals surface area contributed by atoms with Crippen molar-refractivity contribution in [3.8, 4) is 18.1 Å². The molecular formula is C16H16FN5O2. The van der Waals surface area contributed by atoms with E-state index in [4.69, 9.17) is 11.2 Å². The summed E-state index contributed by atoms with van der Waals surface area (Å²) in [6, 6.07) is 3.77. The normalized spacial score (nSPS) is 13.2. The number of hydrogen-bond donors (Lipinski definition) is 2. The number of hydrogen-bond acceptors (Lipinski definition) is 4. The summed E-state index contributed by atoms with van der Waals surface area (Å²) in [7, 11) is 0. The van der Waals surface area contributed by atoms with Gasteiger partial charge in [0.2, 0.25) is 0 Å². The Kier molecular flexibility index (Phi) is 4.61. The highest BCUT2D eigenvalue weighted by Gasteiger charge is 2.26. The Morgan fingerprint density at radius 2 is 2.33 bits per heavy atom. The molecule has 0 radical (unpaired) electrons. The molecule has 1 saturated carbocycles. The molecule has 2 amide bonds. The van der Waals surface area contributed by atoms with E-state index in [-0.39, 0.29) is 18.9 Å². The molecule has 8 heteroatoms. The van der Waals surface area contributed by atoms with Crippen molar-refractivity contribution in [3.05, 3.63) is 36.2 Å². The van der Waals surface area contributed by atoms with Crippen LogP contribution in [0, 0.1) is 18.2 Å². The summed E-state index contributed by atoms with van der Waals surface area (Å²) in [5.41, 5.74) is 0.327. The average molecular weight is 329 g/mol. The zero-order valence-electron chi connectivity index (χ0n) is 12.8. The Labute approximate surface area is 138 Å². The van der Waals surface area contributed by atoms with E-state index in [9.17, 15) is 9.18 Å². The first-order chi connectivity index (χ1) is 11.7. The van der Waals surface area contributed by atoms with Gasteiger partial charge in [-0.25, -0.2) is 9.18 Å². The van der Waals surface area contributed by atoms with Gasteiger partial charge in [-0.3, -0.25) is 0 Å². The zero-order valence-corrected chi connectivity index (χ0v) is 12.8. The van der Waals surface area contributed by atoms with Crippen LogP contribution in [0.5, 0.6) is 5.75 Å². The summed E-state index contributed by atoms with van der Waals surface area (Å²) in [6.45, 7) is 0.217. The predicted octanol–water partition coefficient (Wildman–Crippen LogP) is 2.09. The van der Waals surface area contributed by atoms with Crippen LogP contribution in [0.4, 0.5) is 14.9 Å². The third kappa shape index (κ3) is 3.81. The maximum absolute atomic E-state index is 13.3. The zero-order chi connectivity index (χ0) is 16.9. The van der Waals surface area contributed by atoms with Crippen molar-refractivity contribution in [1.82, 2.24) is 20.1 Å². The summed E-state index contributed by atoms with van der Waals surface area (Å²) in [4.78, 5) is 12.0. The Hall–Kier alpha value is -3.08. The number of anilines is 1. The first-order valence-electron chi connectivity index (χ1n) is 7.46. The number of urea groups is 1. The summed E-state index contributed by atoms with van der Waals surface area (Å²) < 4.78 is 20.5. The quantitative estimate of drug-likeness (QED) is 0.795. The van der Waals surface area contributed by atoms with Gasteiger partial charge in [0.15, 0.2) is 5.82 Å². The standard InChI is InChI=1S/C16H16FN5O2/c1-2-7-24-14-8-11(17)3-6-13(14)20-16(23)18-9-15-21-19-10-22(15)12-4-5-12/h1,3,6,8,10,12H,4-5,7,9H2,(H2,18,20,23). The molecular weight excluding hydrogens is 313 g/mol. The van der Waals surface area contributed by atoms with Crippen molar-refractivity contribution in [2.45, 2.75) is 25.4 Å². The molecule has 1 fully saturated rings. The molecule has 1 aliphatic carbocycles. The van der Waals surface area contributed by atoms with Crippen LogP contribution < -0.4 is 15.4 Å². The lowest BCUT2D eigenvalue weighted by Gasteiger charge is -2.12. The first kappa shape index (κ1) is 15.8. The third-order valence-electron chi connectivity index (χ3n) is 3.50. The first-order valence-corrected chi connectivity index (χ1v) is 7.46. The van der Waals surface area contributed by atoms with E-state index in [1.54, 1.807) is 6.33 Å². The van der Waals surface area contributed by atoms with Crippen LogP contribution in [0.15, 0.2) is 24.5 Å². The van der Waals surface area contributed by atoms with Gasteiger partial charge < -0.3 is 19.9 Å². The van der Waals surface area contributed by atoms with Gasteiger partial charge in [-0.15, -0.1) is 16.6 Å². The van der Waals surface area contributed by atoms with Crippen LogP contribution in [0.3, 0.4) is 0 Å². The number of carbonyl (C=O) groups is 1. The Bertz CT molecular complexity index is 779. The number of carbonyl (C=O) groups excluding carboxylic acids is 1. The molecule has 0 atom stereocenters. The second-order valence-corrected chi connectivity index (χ2v) is 5.33. The molecule has 0 saturated heterocycles. The van der Waals surface area contributed by atoms with Crippen LogP contribution >= 0.6 is 0 Å². The molecule has 0 spiro atoms. The lowest BCUT2D eigenvalue weighted by atomic mass is 10.3. The summed E-state index contributed by atoms with van der Waals surface area (Å²) in [6.07, 6.45) is 8.99. The summed E-state index contributed by atoms with van der Waals surface area (Å²) in [5, 5.41) is 13.2. The molecule has 3 rings (SSSR count). The Morgan fingerprint density at radius 3 is 3.08 bits per heavy atom. The smallest absolute Gasteiger partial charge is 0.319 e. The largest absolute Gasteiger partial charge is 0.479 e. The van der Waals surface area contributed by atoms with Crippen molar-refractivity contribution >= 4 is 11.7 Å². The molecule has 1 aromatic heterocycles. The molecule has 1 aliphatic rings. The van der Waals surface area contributed by atoms with E-state index < -0.39 is 11.8 Å². The monoisotopic (exact) mass is 329 g/mol. The molecule has 1 aromatic carbocycles. The summed E-state index contributed by atoms with van der Waals surface area (Å²) >= 11 is 0. The van der Waals surface area contributed by atoms with E-state index in [1.807, 2.05) is 4.57 Å². The van der Waals surface area contributed by atoms with Crippen LogP contribution in [-0.2, 0) is 6.54 Å². The minimum atomic E-state index is -0.481. The number of rotatable bonds is 6. The minimum Gasteiger partial charge on any atom is -0.479 e. The van der Waals surface area contributed by atoms with Crippen molar-refractivity contribution in [2.75, 3.05) is 11.9 Å². The number of nitrogens with zero attached hydrogens (tertiary/aromatic N) is 3. The van der Waals surface area contributed by atoms with Crippen LogP contribution in [-0.4, -0.2) is 27.4 Å². The average Bonchev–Trinajstić information content (AvgIpc) is 3.31. The minimum absolute atomic E-state index is 0.0236. The van der Waals surface area contributed by atoms with Crippen molar-refractivity contribution in [3.63, 3.8) is 0 Å². The molecule has 0 unspecified atom stereocenters. The molecule has 0 aliphatic heterocycles. The van der Waals surface area contributed by atoms with E-state index in [1.165, 1.54) is 12.1 Å². The fourth-order valence-corrected chi connectivity index (χ4v) is 2.21. The fraction of sp³-hybridized carbons (Fsp3) is 0.312. The Balaban J connectivity index is 1.60. The van der Waals surface area contributed by atoms with E-state index in [0.29, 0.717) is 17.6 Å². The van der Waals surface area contributed by atoms with Crippen LogP contribution in [0.2, 0.25) is 0 Å². The van der Waals surface area contributed by atoms with E-state index in [2.05, 4.69) is 26.8 Å². The van der Waals surface area contributed by atoms with Gasteiger partial charge in [0.1, 0.15) is 24.5 Å². The molecule has 1 heterocycles. The highest BCUT2D eigenvalue weighted by Crippen LogP contribution is 2.35. The van der Waals surface area contributed by atoms with Gasteiger partial charge >= 0.3 is 6.03 Å². The SMILES string of the molecule is C#CCOc1cc(F)ccc1NC(=O)NCc1nncn1C1CC1.